The van der Waals surface area contributed by atoms with Crippen LogP contribution in [0.4, 0.5) is 0 Å². The monoisotopic (exact) mass is 612 g/mol. The number of carbonyl (C=O) groups excluding carboxylic acids is 4. The molecule has 0 aliphatic rings. The van der Waals surface area contributed by atoms with Gasteiger partial charge in [0.15, 0.2) is 0 Å². The molecule has 2 aromatic rings. The van der Waals surface area contributed by atoms with Crippen molar-refractivity contribution in [3.8, 4) is 0 Å². The van der Waals surface area contributed by atoms with Crippen molar-refractivity contribution in [1.29, 1.82) is 0 Å². The minimum Gasteiger partial charge on any atom is -0.462 e. The number of esters is 4. The van der Waals surface area contributed by atoms with E-state index in [1.165, 1.54) is 51.4 Å². The molecule has 44 heavy (non-hydrogen) atoms. The fourth-order valence-corrected chi connectivity index (χ4v) is 4.35. The van der Waals surface area contributed by atoms with E-state index in [1.807, 2.05) is 0 Å². The van der Waals surface area contributed by atoms with Crippen LogP contribution < -0.4 is 0 Å². The highest BCUT2D eigenvalue weighted by molar-refractivity contribution is 6.03. The summed E-state index contributed by atoms with van der Waals surface area (Å²) in [6.07, 6.45) is 13.6. The molecule has 0 heterocycles. The van der Waals surface area contributed by atoms with Crippen molar-refractivity contribution in [2.24, 2.45) is 0 Å². The second-order valence-corrected chi connectivity index (χ2v) is 10.3. The molecule has 2 aromatic carbocycles. The molecule has 0 fully saturated rings. The highest BCUT2D eigenvalue weighted by atomic mass is 16.5. The van der Waals surface area contributed by atoms with Gasteiger partial charge in [0.2, 0.25) is 0 Å². The SMILES string of the molecule is CCCCCCCCOC(=O)c1ccccc1C(=O)OCCCCCCCC.CCOC(=O)c1ccccc1C(=O)OCC. The van der Waals surface area contributed by atoms with Gasteiger partial charge in [-0.1, -0.05) is 102 Å². The Morgan fingerprint density at radius 2 is 0.682 bits per heavy atom. The highest BCUT2D eigenvalue weighted by Gasteiger charge is 2.19. The van der Waals surface area contributed by atoms with E-state index >= 15 is 0 Å². The molecule has 244 valence electrons. The van der Waals surface area contributed by atoms with E-state index in [2.05, 4.69) is 13.8 Å². The van der Waals surface area contributed by atoms with Crippen LogP contribution >= 0.6 is 0 Å². The molecule has 0 aromatic heterocycles. The van der Waals surface area contributed by atoms with Gasteiger partial charge in [-0.2, -0.15) is 0 Å². The van der Waals surface area contributed by atoms with Crippen LogP contribution in [-0.2, 0) is 18.9 Å². The Hall–Kier alpha value is -3.68. The molecule has 0 amide bonds. The normalized spacial score (nSPS) is 10.3. The predicted octanol–water partition coefficient (Wildman–Crippen LogP) is 8.76. The molecule has 0 aliphatic heterocycles. The van der Waals surface area contributed by atoms with Gasteiger partial charge in [0, 0.05) is 0 Å². The smallest absolute Gasteiger partial charge is 0.339 e. The van der Waals surface area contributed by atoms with Gasteiger partial charge in [0.25, 0.3) is 0 Å². The molecule has 0 saturated carbocycles. The highest BCUT2D eigenvalue weighted by Crippen LogP contribution is 2.14. The predicted molar refractivity (Wildman–Crippen MR) is 172 cm³/mol. The number of unbranched alkanes of at least 4 members (excludes halogenated alkanes) is 10. The van der Waals surface area contributed by atoms with Crippen LogP contribution in [0.25, 0.3) is 0 Å². The summed E-state index contributed by atoms with van der Waals surface area (Å²) in [4.78, 5) is 47.8. The quantitative estimate of drug-likeness (QED) is 0.0830. The van der Waals surface area contributed by atoms with E-state index in [0.717, 1.165) is 25.7 Å². The lowest BCUT2D eigenvalue weighted by Gasteiger charge is -2.10. The molecule has 0 bridgehead atoms. The van der Waals surface area contributed by atoms with E-state index in [0.29, 0.717) is 24.3 Å². The fraction of sp³-hybridized carbons (Fsp3) is 0.556. The average Bonchev–Trinajstić information content (AvgIpc) is 3.04. The first-order valence-corrected chi connectivity index (χ1v) is 16.3. The van der Waals surface area contributed by atoms with Crippen molar-refractivity contribution in [2.45, 2.75) is 105 Å². The van der Waals surface area contributed by atoms with Crippen molar-refractivity contribution >= 4 is 23.9 Å². The Labute approximate surface area is 263 Å². The molecule has 8 heteroatoms. The summed E-state index contributed by atoms with van der Waals surface area (Å²) in [5.41, 5.74) is 1.06. The molecule has 2 rings (SSSR count). The third kappa shape index (κ3) is 15.7. The molecule has 0 unspecified atom stereocenters. The lowest BCUT2D eigenvalue weighted by molar-refractivity contribution is 0.0450. The number of carbonyl (C=O) groups is 4. The second kappa shape index (κ2) is 24.7. The fourth-order valence-electron chi connectivity index (χ4n) is 4.35. The van der Waals surface area contributed by atoms with Crippen LogP contribution in [0.1, 0.15) is 146 Å². The zero-order valence-corrected chi connectivity index (χ0v) is 27.2. The first-order chi connectivity index (χ1) is 21.4. The lowest BCUT2D eigenvalue weighted by atomic mass is 10.1. The summed E-state index contributed by atoms with van der Waals surface area (Å²) in [5.74, 6) is -1.90. The summed E-state index contributed by atoms with van der Waals surface area (Å²) >= 11 is 0. The largest absolute Gasteiger partial charge is 0.462 e. The van der Waals surface area contributed by atoms with Gasteiger partial charge in [-0.15, -0.1) is 0 Å². The maximum atomic E-state index is 12.4. The van der Waals surface area contributed by atoms with Crippen LogP contribution in [0.2, 0.25) is 0 Å². The summed E-state index contributed by atoms with van der Waals surface area (Å²) < 4.78 is 20.4. The summed E-state index contributed by atoms with van der Waals surface area (Å²) in [6, 6.07) is 13.2. The maximum Gasteiger partial charge on any atom is 0.339 e. The minimum atomic E-state index is -0.508. The summed E-state index contributed by atoms with van der Waals surface area (Å²) in [7, 11) is 0. The number of hydrogen-bond donors (Lipinski definition) is 0. The number of benzene rings is 2. The van der Waals surface area contributed by atoms with E-state index in [1.54, 1.807) is 62.4 Å². The molecular formula is C36H52O8. The van der Waals surface area contributed by atoms with Crippen LogP contribution in [-0.4, -0.2) is 50.3 Å². The minimum absolute atomic E-state index is 0.239. The van der Waals surface area contributed by atoms with Crippen LogP contribution in [0, 0.1) is 0 Å². The summed E-state index contributed by atoms with van der Waals surface area (Å²) in [6.45, 7) is 9.15. The van der Waals surface area contributed by atoms with Crippen molar-refractivity contribution in [2.75, 3.05) is 26.4 Å². The molecule has 0 atom stereocenters. The van der Waals surface area contributed by atoms with Crippen molar-refractivity contribution < 1.29 is 38.1 Å². The Kier molecular flexibility index (Phi) is 21.6. The Morgan fingerprint density at radius 3 is 0.977 bits per heavy atom. The standard InChI is InChI=1S/C24H38O4.C12H14O4/c1-3-5-7-9-11-15-19-27-23(25)21-17-13-14-18-22(21)24(26)28-20-16-12-10-8-6-4-2;1-3-15-11(13)9-7-5-6-8-10(9)12(14)16-4-2/h13-14,17-18H,3-12,15-16,19-20H2,1-2H3;5-8H,3-4H2,1-2H3. The number of hydrogen-bond acceptors (Lipinski definition) is 8. The molecular weight excluding hydrogens is 560 g/mol. The van der Waals surface area contributed by atoms with Crippen molar-refractivity contribution in [1.82, 2.24) is 0 Å². The lowest BCUT2D eigenvalue weighted by Crippen LogP contribution is -2.15. The second-order valence-electron chi connectivity index (χ2n) is 10.3. The van der Waals surface area contributed by atoms with Crippen LogP contribution in [0.5, 0.6) is 0 Å². The molecule has 0 aliphatic carbocycles. The third-order valence-electron chi connectivity index (χ3n) is 6.75. The molecule has 8 nitrogen and oxygen atoms in total. The first-order valence-electron chi connectivity index (χ1n) is 16.3. The molecule has 0 saturated heterocycles. The number of rotatable bonds is 20. The van der Waals surface area contributed by atoms with E-state index in [4.69, 9.17) is 18.9 Å². The Bertz CT molecular complexity index is 1020. The van der Waals surface area contributed by atoms with E-state index in [9.17, 15) is 19.2 Å². The Balaban J connectivity index is 0.000000511. The van der Waals surface area contributed by atoms with Crippen LogP contribution in [0.15, 0.2) is 48.5 Å². The van der Waals surface area contributed by atoms with Gasteiger partial charge < -0.3 is 18.9 Å². The van der Waals surface area contributed by atoms with Gasteiger partial charge in [-0.05, 0) is 51.0 Å². The van der Waals surface area contributed by atoms with Gasteiger partial charge in [-0.3, -0.25) is 0 Å². The van der Waals surface area contributed by atoms with Gasteiger partial charge in [0.1, 0.15) is 0 Å². The van der Waals surface area contributed by atoms with E-state index < -0.39 is 23.9 Å². The zero-order valence-electron chi connectivity index (χ0n) is 27.2. The van der Waals surface area contributed by atoms with Crippen molar-refractivity contribution in [3.05, 3.63) is 70.8 Å². The van der Waals surface area contributed by atoms with Crippen molar-refractivity contribution in [3.63, 3.8) is 0 Å². The molecule has 0 N–H and O–H groups in total. The van der Waals surface area contributed by atoms with Gasteiger partial charge >= 0.3 is 23.9 Å². The molecule has 0 spiro atoms. The van der Waals surface area contributed by atoms with Gasteiger partial charge in [-0.25, -0.2) is 19.2 Å². The topological polar surface area (TPSA) is 105 Å². The van der Waals surface area contributed by atoms with E-state index in [-0.39, 0.29) is 24.3 Å². The third-order valence-corrected chi connectivity index (χ3v) is 6.75. The van der Waals surface area contributed by atoms with Crippen LogP contribution in [0.3, 0.4) is 0 Å². The zero-order chi connectivity index (χ0) is 32.4. The molecule has 0 radical (unpaired) electrons. The Morgan fingerprint density at radius 1 is 0.409 bits per heavy atom. The maximum absolute atomic E-state index is 12.4. The number of ether oxygens (including phenoxy) is 4. The first kappa shape index (κ1) is 38.3. The van der Waals surface area contributed by atoms with Gasteiger partial charge in [0.05, 0.1) is 48.7 Å². The average molecular weight is 613 g/mol. The summed E-state index contributed by atoms with van der Waals surface area (Å²) in [5, 5.41) is 0.